The zero-order chi connectivity index (χ0) is 16.7. The summed E-state index contributed by atoms with van der Waals surface area (Å²) in [6.07, 6.45) is 3.74. The Labute approximate surface area is 134 Å². The molecule has 0 nitrogen and oxygen atoms in total. The largest absolute Gasteiger partial charge is 0.0683 e. The van der Waals surface area contributed by atoms with Crippen molar-refractivity contribution in [2.75, 3.05) is 0 Å². The Balaban J connectivity index is 0.00000191. The van der Waals surface area contributed by atoms with Crippen molar-refractivity contribution in [1.82, 2.24) is 0 Å². The summed E-state index contributed by atoms with van der Waals surface area (Å²) in [5.74, 6) is 0.729. The van der Waals surface area contributed by atoms with Gasteiger partial charge in [-0.05, 0) is 47.6 Å². The smallest absolute Gasteiger partial charge is 0.00700 e. The van der Waals surface area contributed by atoms with Crippen LogP contribution in [0, 0.1) is 18.3 Å². The first-order chi connectivity index (χ1) is 9.79. The Morgan fingerprint density at radius 3 is 1.86 bits per heavy atom. The minimum atomic E-state index is 0.292. The van der Waals surface area contributed by atoms with Crippen LogP contribution in [0.1, 0.15) is 85.8 Å². The normalized spacial score (nSPS) is 16.7. The van der Waals surface area contributed by atoms with Crippen LogP contribution in [0.25, 0.3) is 0 Å². The van der Waals surface area contributed by atoms with Crippen LogP contribution in [0.15, 0.2) is 24.3 Å². The van der Waals surface area contributed by atoms with Crippen molar-refractivity contribution in [2.45, 2.75) is 87.0 Å². The van der Waals surface area contributed by atoms with E-state index in [-0.39, 0.29) is 0 Å². The maximum atomic E-state index is 2.46. The molecule has 0 N–H and O–H groups in total. The zero-order valence-corrected chi connectivity index (χ0v) is 16.0. The molecule has 1 rings (SSSR count). The second-order valence-electron chi connectivity index (χ2n) is 7.07. The molecule has 21 heavy (non-hydrogen) atoms. The van der Waals surface area contributed by atoms with Gasteiger partial charge in [0.15, 0.2) is 0 Å². The second kappa shape index (κ2) is 8.61. The van der Waals surface area contributed by atoms with Gasteiger partial charge in [-0.25, -0.2) is 0 Å². The fourth-order valence-corrected chi connectivity index (χ4v) is 3.29. The molecule has 0 bridgehead atoms. The average Bonchev–Trinajstić information content (AvgIpc) is 2.49. The number of benzene rings is 1. The van der Waals surface area contributed by atoms with Crippen LogP contribution in [0.3, 0.4) is 0 Å². The Morgan fingerprint density at radius 1 is 0.952 bits per heavy atom. The van der Waals surface area contributed by atoms with Gasteiger partial charge in [0.1, 0.15) is 0 Å². The highest BCUT2D eigenvalue weighted by Gasteiger charge is 2.36. The van der Waals surface area contributed by atoms with E-state index in [4.69, 9.17) is 0 Å². The molecule has 0 radical (unpaired) electrons. The molecule has 122 valence electrons. The van der Waals surface area contributed by atoms with Crippen molar-refractivity contribution in [3.8, 4) is 0 Å². The lowest BCUT2D eigenvalue weighted by Crippen LogP contribution is -2.34. The van der Waals surface area contributed by atoms with E-state index < -0.39 is 0 Å². The Bertz CT molecular complexity index is 404. The van der Waals surface area contributed by atoms with Crippen LogP contribution in [-0.2, 0) is 5.41 Å². The molecule has 0 amide bonds. The summed E-state index contributed by atoms with van der Waals surface area (Å²) in [5.41, 5.74) is 3.69. The maximum absolute atomic E-state index is 2.46. The van der Waals surface area contributed by atoms with Gasteiger partial charge < -0.3 is 0 Å². The highest BCUT2D eigenvalue weighted by Crippen LogP contribution is 2.45. The Kier molecular flexibility index (Phi) is 8.29. The molecule has 2 atom stereocenters. The standard InChI is InChI=1S/C19H32.C2H6/c1-8-18(6,15(3)4)14-19(7,9-2)17-13-11-10-12-16(17)5;1-2/h10-13,15H,8-9,14H2,1-7H3;1-2H3. The number of rotatable bonds is 6. The monoisotopic (exact) mass is 290 g/mol. The van der Waals surface area contributed by atoms with Gasteiger partial charge in [0.2, 0.25) is 0 Å². The molecular weight excluding hydrogens is 252 g/mol. The molecule has 0 heteroatoms. The number of hydrogen-bond donors (Lipinski definition) is 0. The summed E-state index contributed by atoms with van der Waals surface area (Å²) in [7, 11) is 0. The molecule has 1 aromatic rings. The molecule has 0 heterocycles. The van der Waals surface area contributed by atoms with Crippen molar-refractivity contribution >= 4 is 0 Å². The van der Waals surface area contributed by atoms with Gasteiger partial charge in [0, 0.05) is 0 Å². The van der Waals surface area contributed by atoms with Crippen molar-refractivity contribution in [3.05, 3.63) is 35.4 Å². The third-order valence-electron chi connectivity index (χ3n) is 5.57. The van der Waals surface area contributed by atoms with Gasteiger partial charge in [0.25, 0.3) is 0 Å². The lowest BCUT2D eigenvalue weighted by molar-refractivity contribution is 0.140. The van der Waals surface area contributed by atoms with Crippen molar-refractivity contribution in [3.63, 3.8) is 0 Å². The molecule has 0 saturated heterocycles. The first kappa shape index (κ1) is 20.2. The van der Waals surface area contributed by atoms with Crippen molar-refractivity contribution < 1.29 is 0 Å². The molecule has 0 fully saturated rings. The van der Waals surface area contributed by atoms with E-state index in [0.717, 1.165) is 5.92 Å². The SMILES string of the molecule is CC.CCC(C)(CC(C)(CC)C(C)C)c1ccccc1C. The molecule has 0 aliphatic carbocycles. The summed E-state index contributed by atoms with van der Waals surface area (Å²) < 4.78 is 0. The highest BCUT2D eigenvalue weighted by molar-refractivity contribution is 5.33. The maximum Gasteiger partial charge on any atom is -0.00700 e. The molecule has 0 spiro atoms. The molecule has 0 aliphatic heterocycles. The predicted molar refractivity (Wildman–Crippen MR) is 98.0 cm³/mol. The van der Waals surface area contributed by atoms with Gasteiger partial charge in [-0.1, -0.05) is 86.1 Å². The van der Waals surface area contributed by atoms with Crippen LogP contribution in [0.5, 0.6) is 0 Å². The van der Waals surface area contributed by atoms with Crippen molar-refractivity contribution in [1.29, 1.82) is 0 Å². The quantitative estimate of drug-likeness (QED) is 0.521. The van der Waals surface area contributed by atoms with Crippen LogP contribution in [0.4, 0.5) is 0 Å². The Morgan fingerprint density at radius 2 is 1.48 bits per heavy atom. The molecule has 2 unspecified atom stereocenters. The minimum Gasteiger partial charge on any atom is -0.0683 e. The minimum absolute atomic E-state index is 0.292. The summed E-state index contributed by atoms with van der Waals surface area (Å²) in [5, 5.41) is 0. The molecule has 1 aromatic carbocycles. The zero-order valence-electron chi connectivity index (χ0n) is 16.0. The second-order valence-corrected chi connectivity index (χ2v) is 7.07. The number of aryl methyl sites for hydroxylation is 1. The van der Waals surface area contributed by atoms with E-state index in [1.54, 1.807) is 0 Å². The highest BCUT2D eigenvalue weighted by atomic mass is 14.4. The third kappa shape index (κ3) is 4.87. The van der Waals surface area contributed by atoms with E-state index in [2.05, 4.69) is 72.7 Å². The molecular formula is C21H38. The first-order valence-corrected chi connectivity index (χ1v) is 8.85. The molecule has 0 aliphatic rings. The number of hydrogen-bond acceptors (Lipinski definition) is 0. The van der Waals surface area contributed by atoms with E-state index >= 15 is 0 Å². The fourth-order valence-electron chi connectivity index (χ4n) is 3.29. The summed E-state index contributed by atoms with van der Waals surface area (Å²) in [6.45, 7) is 20.6. The van der Waals surface area contributed by atoms with Crippen LogP contribution in [0.2, 0.25) is 0 Å². The van der Waals surface area contributed by atoms with Gasteiger partial charge >= 0.3 is 0 Å². The molecule has 0 saturated carbocycles. The predicted octanol–water partition coefficient (Wildman–Crippen LogP) is 7.15. The van der Waals surface area contributed by atoms with Crippen LogP contribution in [-0.4, -0.2) is 0 Å². The summed E-state index contributed by atoms with van der Waals surface area (Å²) in [4.78, 5) is 0. The van der Waals surface area contributed by atoms with Gasteiger partial charge in [0.05, 0.1) is 0 Å². The van der Waals surface area contributed by atoms with Crippen LogP contribution >= 0.6 is 0 Å². The first-order valence-electron chi connectivity index (χ1n) is 8.85. The summed E-state index contributed by atoms with van der Waals surface area (Å²) >= 11 is 0. The van der Waals surface area contributed by atoms with Gasteiger partial charge in [-0.15, -0.1) is 0 Å². The molecule has 0 aromatic heterocycles. The van der Waals surface area contributed by atoms with Gasteiger partial charge in [-0.3, -0.25) is 0 Å². The topological polar surface area (TPSA) is 0 Å². The summed E-state index contributed by atoms with van der Waals surface area (Å²) in [6, 6.07) is 8.92. The van der Waals surface area contributed by atoms with E-state index in [0.29, 0.717) is 10.8 Å². The Hall–Kier alpha value is -0.780. The lowest BCUT2D eigenvalue weighted by atomic mass is 9.62. The van der Waals surface area contributed by atoms with Crippen molar-refractivity contribution in [2.24, 2.45) is 11.3 Å². The van der Waals surface area contributed by atoms with E-state index in [9.17, 15) is 0 Å². The lowest BCUT2D eigenvalue weighted by Gasteiger charge is -2.42. The fraction of sp³-hybridized carbons (Fsp3) is 0.714. The van der Waals surface area contributed by atoms with E-state index in [1.807, 2.05) is 13.8 Å². The third-order valence-corrected chi connectivity index (χ3v) is 5.57. The van der Waals surface area contributed by atoms with Gasteiger partial charge in [-0.2, -0.15) is 0 Å². The average molecular weight is 291 g/mol. The van der Waals surface area contributed by atoms with E-state index in [1.165, 1.54) is 30.4 Å². The van der Waals surface area contributed by atoms with Crippen LogP contribution < -0.4 is 0 Å².